The predicted octanol–water partition coefficient (Wildman–Crippen LogP) is 2.34. The van der Waals surface area contributed by atoms with Crippen LogP contribution in [0, 0.1) is 5.82 Å². The zero-order valence-electron chi connectivity index (χ0n) is 8.54. The summed E-state index contributed by atoms with van der Waals surface area (Å²) in [6.45, 7) is 0. The number of hydrogen-bond donors (Lipinski definition) is 1. The Kier molecular flexibility index (Phi) is 4.58. The van der Waals surface area contributed by atoms with Gasteiger partial charge in [0.05, 0.1) is 12.9 Å². The summed E-state index contributed by atoms with van der Waals surface area (Å²) in [5, 5.41) is 2.78. The molecule has 0 unspecified atom stereocenters. The summed E-state index contributed by atoms with van der Waals surface area (Å²) >= 11 is 1.06. The van der Waals surface area contributed by atoms with Crippen LogP contribution in [0.3, 0.4) is 0 Å². The first-order valence-corrected chi connectivity index (χ1v) is 5.26. The minimum atomic E-state index is -0.365. The van der Waals surface area contributed by atoms with E-state index < -0.39 is 0 Å². The number of rotatable bonds is 5. The molecule has 1 aromatic rings. The molecule has 0 aliphatic carbocycles. The normalized spacial score (nSPS) is 10.1. The molecule has 1 N–H and O–H groups in total. The lowest BCUT2D eigenvalue weighted by Crippen LogP contribution is -2.07. The third-order valence-electron chi connectivity index (χ3n) is 1.86. The van der Waals surface area contributed by atoms with Crippen molar-refractivity contribution in [3.63, 3.8) is 0 Å². The lowest BCUT2D eigenvalue weighted by atomic mass is 10.1. The zero-order chi connectivity index (χ0) is 11.3. The topological polar surface area (TPSA) is 38.3 Å². The molecule has 15 heavy (non-hydrogen) atoms. The zero-order valence-corrected chi connectivity index (χ0v) is 9.36. The molecule has 0 amide bonds. The molecule has 0 aromatic heterocycles. The third-order valence-corrected chi connectivity index (χ3v) is 2.47. The lowest BCUT2D eigenvalue weighted by Gasteiger charge is -2.07. The smallest absolute Gasteiger partial charge is 0.177 e. The van der Waals surface area contributed by atoms with E-state index in [1.54, 1.807) is 7.05 Å². The molecule has 0 heterocycles. The van der Waals surface area contributed by atoms with E-state index in [1.165, 1.54) is 25.3 Å². The highest BCUT2D eigenvalue weighted by Crippen LogP contribution is 2.18. The minimum Gasteiger partial charge on any atom is -0.387 e. The predicted molar refractivity (Wildman–Crippen MR) is 59.7 cm³/mol. The minimum absolute atomic E-state index is 0.0915. The van der Waals surface area contributed by atoms with Crippen molar-refractivity contribution in [2.75, 3.05) is 25.2 Å². The maximum atomic E-state index is 12.9. The van der Waals surface area contributed by atoms with E-state index >= 15 is 0 Å². The molecule has 1 aromatic carbocycles. The molecule has 5 heteroatoms. The van der Waals surface area contributed by atoms with Crippen LogP contribution in [0.2, 0.25) is 0 Å². The lowest BCUT2D eigenvalue weighted by molar-refractivity contribution is 0.102. The van der Waals surface area contributed by atoms with Gasteiger partial charge in [0.25, 0.3) is 0 Å². The van der Waals surface area contributed by atoms with Crippen molar-refractivity contribution in [3.05, 3.63) is 29.6 Å². The molecule has 0 atom stereocenters. The van der Waals surface area contributed by atoms with Crippen LogP contribution in [0.4, 0.5) is 10.1 Å². The van der Waals surface area contributed by atoms with Gasteiger partial charge in [-0.05, 0) is 30.2 Å². The Hall–Kier alpha value is -1.07. The largest absolute Gasteiger partial charge is 0.387 e. The highest BCUT2D eigenvalue weighted by Gasteiger charge is 2.11. The van der Waals surface area contributed by atoms with E-state index in [-0.39, 0.29) is 17.4 Å². The standard InChI is InChI=1S/C10H12FNO2S/c1-12-9-5-7(11)3-4-8(9)10(13)6-15-14-2/h3-5,12H,6H2,1-2H3. The van der Waals surface area contributed by atoms with E-state index in [9.17, 15) is 9.18 Å². The van der Waals surface area contributed by atoms with E-state index in [0.29, 0.717) is 11.3 Å². The summed E-state index contributed by atoms with van der Waals surface area (Å²) in [4.78, 5) is 11.6. The monoisotopic (exact) mass is 229 g/mol. The molecule has 0 spiro atoms. The van der Waals surface area contributed by atoms with Crippen molar-refractivity contribution in [1.29, 1.82) is 0 Å². The first-order valence-electron chi connectivity index (χ1n) is 4.35. The van der Waals surface area contributed by atoms with Crippen LogP contribution < -0.4 is 5.32 Å². The second-order valence-corrected chi connectivity index (χ2v) is 3.65. The molecule has 0 fully saturated rings. The second kappa shape index (κ2) is 5.72. The average Bonchev–Trinajstić information content (AvgIpc) is 2.25. The molecular formula is C10H12FNO2S. The van der Waals surface area contributed by atoms with E-state index in [0.717, 1.165) is 12.0 Å². The maximum Gasteiger partial charge on any atom is 0.177 e. The van der Waals surface area contributed by atoms with Gasteiger partial charge in [-0.15, -0.1) is 0 Å². The Morgan fingerprint density at radius 2 is 2.33 bits per heavy atom. The van der Waals surface area contributed by atoms with Gasteiger partial charge in [0.1, 0.15) is 5.82 Å². The van der Waals surface area contributed by atoms with Gasteiger partial charge in [-0.2, -0.15) is 0 Å². The first kappa shape index (κ1) is 12.0. The Morgan fingerprint density at radius 1 is 1.60 bits per heavy atom. The Morgan fingerprint density at radius 3 is 2.93 bits per heavy atom. The van der Waals surface area contributed by atoms with Crippen LogP contribution in [-0.4, -0.2) is 25.7 Å². The summed E-state index contributed by atoms with van der Waals surface area (Å²) < 4.78 is 17.6. The van der Waals surface area contributed by atoms with Gasteiger partial charge in [0.15, 0.2) is 5.78 Å². The van der Waals surface area contributed by atoms with Crippen LogP contribution in [-0.2, 0) is 4.18 Å². The Bertz CT molecular complexity index is 357. The van der Waals surface area contributed by atoms with Crippen LogP contribution in [0.1, 0.15) is 10.4 Å². The van der Waals surface area contributed by atoms with Gasteiger partial charge in [0, 0.05) is 18.3 Å². The molecule has 0 aliphatic rings. The van der Waals surface area contributed by atoms with E-state index in [2.05, 4.69) is 5.32 Å². The van der Waals surface area contributed by atoms with Crippen molar-refractivity contribution in [3.8, 4) is 0 Å². The van der Waals surface area contributed by atoms with Gasteiger partial charge >= 0.3 is 0 Å². The fraction of sp³-hybridized carbons (Fsp3) is 0.300. The molecule has 0 radical (unpaired) electrons. The van der Waals surface area contributed by atoms with E-state index in [4.69, 9.17) is 4.18 Å². The van der Waals surface area contributed by atoms with Gasteiger partial charge in [-0.1, -0.05) is 0 Å². The number of benzene rings is 1. The molecule has 0 saturated carbocycles. The number of carbonyl (C=O) groups excluding carboxylic acids is 1. The highest BCUT2D eigenvalue weighted by molar-refractivity contribution is 7.95. The number of nitrogens with one attached hydrogen (secondary N) is 1. The number of ketones is 1. The molecule has 0 saturated heterocycles. The first-order chi connectivity index (χ1) is 7.19. The SMILES string of the molecule is CNc1cc(F)ccc1C(=O)CSOC. The number of anilines is 1. The van der Waals surface area contributed by atoms with Crippen molar-refractivity contribution >= 4 is 23.5 Å². The van der Waals surface area contributed by atoms with Crippen LogP contribution in [0.5, 0.6) is 0 Å². The van der Waals surface area contributed by atoms with Crippen LogP contribution >= 0.6 is 12.0 Å². The van der Waals surface area contributed by atoms with Gasteiger partial charge in [-0.25, -0.2) is 4.39 Å². The van der Waals surface area contributed by atoms with Crippen molar-refractivity contribution in [1.82, 2.24) is 0 Å². The van der Waals surface area contributed by atoms with Crippen LogP contribution in [0.15, 0.2) is 18.2 Å². The number of Topliss-reactive ketones (excluding diaryl/α,β-unsaturated/α-hetero) is 1. The Labute approximate surface area is 92.2 Å². The van der Waals surface area contributed by atoms with Crippen molar-refractivity contribution in [2.24, 2.45) is 0 Å². The average molecular weight is 229 g/mol. The van der Waals surface area contributed by atoms with E-state index in [1.807, 2.05) is 0 Å². The van der Waals surface area contributed by atoms with Crippen molar-refractivity contribution in [2.45, 2.75) is 0 Å². The fourth-order valence-corrected chi connectivity index (χ4v) is 1.54. The van der Waals surface area contributed by atoms with Gasteiger partial charge in [0.2, 0.25) is 0 Å². The molecule has 0 aliphatic heterocycles. The highest BCUT2D eigenvalue weighted by atomic mass is 32.2. The quantitative estimate of drug-likeness (QED) is 0.621. The maximum absolute atomic E-state index is 12.9. The van der Waals surface area contributed by atoms with Gasteiger partial charge < -0.3 is 9.50 Å². The van der Waals surface area contributed by atoms with Gasteiger partial charge in [-0.3, -0.25) is 4.79 Å². The third kappa shape index (κ3) is 3.21. The molecule has 1 rings (SSSR count). The molecule has 0 bridgehead atoms. The Balaban J connectivity index is 2.87. The summed E-state index contributed by atoms with van der Waals surface area (Å²) in [7, 11) is 3.15. The summed E-state index contributed by atoms with van der Waals surface area (Å²) in [5.74, 6) is -0.238. The van der Waals surface area contributed by atoms with Crippen LogP contribution in [0.25, 0.3) is 0 Å². The summed E-state index contributed by atoms with van der Waals surface area (Å²) in [6.07, 6.45) is 0. The fourth-order valence-electron chi connectivity index (χ4n) is 1.16. The second-order valence-electron chi connectivity index (χ2n) is 2.79. The number of carbonyl (C=O) groups is 1. The summed E-state index contributed by atoms with van der Waals surface area (Å²) in [5.41, 5.74) is 0.972. The molecule has 3 nitrogen and oxygen atoms in total. The molecule has 82 valence electrons. The number of hydrogen-bond acceptors (Lipinski definition) is 4. The number of halogens is 1. The molecular weight excluding hydrogens is 217 g/mol. The summed E-state index contributed by atoms with van der Waals surface area (Å²) in [6, 6.07) is 4.04. The van der Waals surface area contributed by atoms with Crippen molar-refractivity contribution < 1.29 is 13.4 Å².